The van der Waals surface area contributed by atoms with Crippen LogP contribution < -0.4 is 10.6 Å². The standard InChI is InChI=1S/C18H28N2S/c1-13(2)15-9-11-16(12-10-15)14(3)19-18(21)20-17-7-5-4-6-8-17/h9-14,17H,4-8H2,1-3H3,(H2,19,20,21)/t14-/m0/s1. The van der Waals surface area contributed by atoms with Gasteiger partial charge in [0.15, 0.2) is 5.11 Å². The number of hydrogen-bond donors (Lipinski definition) is 2. The normalized spacial score (nSPS) is 17.5. The highest BCUT2D eigenvalue weighted by Gasteiger charge is 2.15. The second-order valence-electron chi connectivity index (χ2n) is 6.50. The molecule has 0 saturated heterocycles. The lowest BCUT2D eigenvalue weighted by Gasteiger charge is -2.26. The number of rotatable bonds is 4. The predicted molar refractivity (Wildman–Crippen MR) is 94.7 cm³/mol. The first-order chi connectivity index (χ1) is 10.1. The Morgan fingerprint density at radius 3 is 2.14 bits per heavy atom. The van der Waals surface area contributed by atoms with E-state index in [1.807, 2.05) is 0 Å². The highest BCUT2D eigenvalue weighted by atomic mass is 32.1. The summed E-state index contributed by atoms with van der Waals surface area (Å²) >= 11 is 5.46. The molecule has 0 bridgehead atoms. The smallest absolute Gasteiger partial charge is 0.166 e. The third-order valence-corrected chi connectivity index (χ3v) is 4.63. The second kappa shape index (κ2) is 7.79. The van der Waals surface area contributed by atoms with E-state index in [-0.39, 0.29) is 6.04 Å². The molecular weight excluding hydrogens is 276 g/mol. The van der Waals surface area contributed by atoms with Crippen LogP contribution in [0.25, 0.3) is 0 Å². The third kappa shape index (κ3) is 4.99. The fraction of sp³-hybridized carbons (Fsp3) is 0.611. The average Bonchev–Trinajstić information content (AvgIpc) is 2.48. The van der Waals surface area contributed by atoms with Gasteiger partial charge in [0.2, 0.25) is 0 Å². The van der Waals surface area contributed by atoms with Gasteiger partial charge in [0.05, 0.1) is 6.04 Å². The summed E-state index contributed by atoms with van der Waals surface area (Å²) < 4.78 is 0. The Balaban J connectivity index is 1.84. The third-order valence-electron chi connectivity index (χ3n) is 4.39. The fourth-order valence-electron chi connectivity index (χ4n) is 2.92. The SMILES string of the molecule is CC(C)c1ccc([C@H](C)NC(=S)NC2CCCCC2)cc1. The summed E-state index contributed by atoms with van der Waals surface area (Å²) in [7, 11) is 0. The molecule has 0 aromatic heterocycles. The molecule has 116 valence electrons. The zero-order chi connectivity index (χ0) is 15.2. The van der Waals surface area contributed by atoms with Crippen molar-refractivity contribution >= 4 is 17.3 Å². The molecule has 0 radical (unpaired) electrons. The van der Waals surface area contributed by atoms with Gasteiger partial charge >= 0.3 is 0 Å². The van der Waals surface area contributed by atoms with Crippen LogP contribution in [0.3, 0.4) is 0 Å². The molecule has 1 fully saturated rings. The molecule has 0 spiro atoms. The summed E-state index contributed by atoms with van der Waals surface area (Å²) in [5.74, 6) is 0.580. The summed E-state index contributed by atoms with van der Waals surface area (Å²) in [5, 5.41) is 7.68. The Labute approximate surface area is 134 Å². The lowest BCUT2D eigenvalue weighted by Crippen LogP contribution is -2.43. The van der Waals surface area contributed by atoms with Crippen LogP contribution in [0.5, 0.6) is 0 Å². The van der Waals surface area contributed by atoms with Crippen molar-refractivity contribution in [3.05, 3.63) is 35.4 Å². The van der Waals surface area contributed by atoms with Crippen LogP contribution in [-0.2, 0) is 0 Å². The molecule has 0 amide bonds. The lowest BCUT2D eigenvalue weighted by atomic mass is 9.96. The van der Waals surface area contributed by atoms with Gasteiger partial charge in [-0.05, 0) is 49.0 Å². The van der Waals surface area contributed by atoms with Gasteiger partial charge in [-0.15, -0.1) is 0 Å². The molecule has 0 unspecified atom stereocenters. The van der Waals surface area contributed by atoms with Gasteiger partial charge in [-0.1, -0.05) is 57.4 Å². The van der Waals surface area contributed by atoms with Crippen molar-refractivity contribution in [1.29, 1.82) is 0 Å². The van der Waals surface area contributed by atoms with Crippen molar-refractivity contribution in [2.75, 3.05) is 0 Å². The van der Waals surface area contributed by atoms with Crippen LogP contribution in [-0.4, -0.2) is 11.2 Å². The molecule has 1 aliphatic rings. The van der Waals surface area contributed by atoms with Crippen molar-refractivity contribution in [3.63, 3.8) is 0 Å². The molecule has 1 aromatic carbocycles. The van der Waals surface area contributed by atoms with Crippen LogP contribution in [0, 0.1) is 0 Å². The zero-order valence-electron chi connectivity index (χ0n) is 13.5. The van der Waals surface area contributed by atoms with Gasteiger partial charge in [0.1, 0.15) is 0 Å². The highest BCUT2D eigenvalue weighted by Crippen LogP contribution is 2.19. The van der Waals surface area contributed by atoms with Crippen LogP contribution in [0.2, 0.25) is 0 Å². The summed E-state index contributed by atoms with van der Waals surface area (Å²) in [6, 6.07) is 9.65. The van der Waals surface area contributed by atoms with Crippen LogP contribution in [0.15, 0.2) is 24.3 Å². The van der Waals surface area contributed by atoms with Crippen molar-refractivity contribution in [2.45, 2.75) is 70.9 Å². The number of nitrogens with one attached hydrogen (secondary N) is 2. The van der Waals surface area contributed by atoms with Crippen molar-refractivity contribution in [1.82, 2.24) is 10.6 Å². The summed E-state index contributed by atoms with van der Waals surface area (Å²) in [5.41, 5.74) is 2.67. The van der Waals surface area contributed by atoms with E-state index in [4.69, 9.17) is 12.2 Å². The van der Waals surface area contributed by atoms with Crippen molar-refractivity contribution < 1.29 is 0 Å². The minimum absolute atomic E-state index is 0.245. The van der Waals surface area contributed by atoms with Gasteiger partial charge in [0, 0.05) is 6.04 Å². The Hall–Kier alpha value is -1.09. The Morgan fingerprint density at radius 2 is 1.57 bits per heavy atom. The van der Waals surface area contributed by atoms with Gasteiger partial charge in [-0.3, -0.25) is 0 Å². The van der Waals surface area contributed by atoms with E-state index in [0.717, 1.165) is 5.11 Å². The predicted octanol–water partition coefficient (Wildman–Crippen LogP) is 4.67. The minimum atomic E-state index is 0.245. The molecule has 1 saturated carbocycles. The number of thiocarbonyl (C=S) groups is 1. The quantitative estimate of drug-likeness (QED) is 0.791. The van der Waals surface area contributed by atoms with Crippen LogP contribution in [0.4, 0.5) is 0 Å². The number of hydrogen-bond acceptors (Lipinski definition) is 1. The first kappa shape index (κ1) is 16.3. The van der Waals surface area contributed by atoms with E-state index >= 15 is 0 Å². The summed E-state index contributed by atoms with van der Waals surface area (Å²) in [6.07, 6.45) is 6.52. The maximum atomic E-state index is 5.46. The first-order valence-electron chi connectivity index (χ1n) is 8.23. The van der Waals surface area contributed by atoms with Gasteiger partial charge < -0.3 is 10.6 Å². The molecule has 1 aliphatic carbocycles. The minimum Gasteiger partial charge on any atom is -0.360 e. The lowest BCUT2D eigenvalue weighted by molar-refractivity contribution is 0.411. The van der Waals surface area contributed by atoms with Crippen LogP contribution >= 0.6 is 12.2 Å². The van der Waals surface area contributed by atoms with Gasteiger partial charge in [0.25, 0.3) is 0 Å². The van der Waals surface area contributed by atoms with E-state index in [1.54, 1.807) is 0 Å². The Kier molecular flexibility index (Phi) is 6.04. The van der Waals surface area contributed by atoms with E-state index in [2.05, 4.69) is 55.7 Å². The molecule has 1 atom stereocenters. The molecule has 2 rings (SSSR count). The fourth-order valence-corrected chi connectivity index (χ4v) is 3.27. The molecule has 0 heterocycles. The molecule has 2 nitrogen and oxygen atoms in total. The zero-order valence-corrected chi connectivity index (χ0v) is 14.3. The average molecular weight is 305 g/mol. The molecule has 3 heteroatoms. The number of benzene rings is 1. The molecule has 1 aromatic rings. The van der Waals surface area contributed by atoms with E-state index < -0.39 is 0 Å². The maximum absolute atomic E-state index is 5.46. The first-order valence-corrected chi connectivity index (χ1v) is 8.64. The largest absolute Gasteiger partial charge is 0.360 e. The van der Waals surface area contributed by atoms with Crippen molar-refractivity contribution in [3.8, 4) is 0 Å². The summed E-state index contributed by atoms with van der Waals surface area (Å²) in [4.78, 5) is 0. The van der Waals surface area contributed by atoms with Gasteiger partial charge in [-0.2, -0.15) is 0 Å². The van der Waals surface area contributed by atoms with Crippen LogP contribution in [0.1, 0.15) is 76.0 Å². The molecular formula is C18H28N2S. The molecule has 2 N–H and O–H groups in total. The molecule has 21 heavy (non-hydrogen) atoms. The van der Waals surface area contributed by atoms with Gasteiger partial charge in [-0.25, -0.2) is 0 Å². The van der Waals surface area contributed by atoms with E-state index in [9.17, 15) is 0 Å². The Bertz CT molecular complexity index is 447. The monoisotopic (exact) mass is 304 g/mol. The maximum Gasteiger partial charge on any atom is 0.166 e. The summed E-state index contributed by atoms with van der Waals surface area (Å²) in [6.45, 7) is 6.61. The Morgan fingerprint density at radius 1 is 1.00 bits per heavy atom. The topological polar surface area (TPSA) is 24.1 Å². The highest BCUT2D eigenvalue weighted by molar-refractivity contribution is 7.80. The molecule has 0 aliphatic heterocycles. The van der Waals surface area contributed by atoms with E-state index in [1.165, 1.54) is 43.2 Å². The second-order valence-corrected chi connectivity index (χ2v) is 6.90. The van der Waals surface area contributed by atoms with Crippen molar-refractivity contribution in [2.24, 2.45) is 0 Å². The van der Waals surface area contributed by atoms with E-state index in [0.29, 0.717) is 12.0 Å².